The fourth-order valence-electron chi connectivity index (χ4n) is 2.42. The Labute approximate surface area is 122 Å². The molecule has 20 heavy (non-hydrogen) atoms. The first kappa shape index (κ1) is 17.4. The molecule has 0 spiro atoms. The van der Waals surface area contributed by atoms with Crippen molar-refractivity contribution in [2.45, 2.75) is 51.6 Å². The molecule has 1 fully saturated rings. The molecule has 0 saturated carbocycles. The van der Waals surface area contributed by atoms with Crippen molar-refractivity contribution in [3.8, 4) is 0 Å². The molecule has 0 aromatic carbocycles. The summed E-state index contributed by atoms with van der Waals surface area (Å²) in [6, 6.07) is -0.297. The fraction of sp³-hybridized carbons (Fsp3) is 0.923. The van der Waals surface area contributed by atoms with Gasteiger partial charge in [-0.15, -0.1) is 0 Å². The highest BCUT2D eigenvalue weighted by molar-refractivity contribution is 7.88. The maximum Gasteiger partial charge on any atom is 0.239 e. The second-order valence-electron chi connectivity index (χ2n) is 6.25. The van der Waals surface area contributed by atoms with Crippen LogP contribution in [0.2, 0.25) is 0 Å². The average molecular weight is 305 g/mol. The van der Waals surface area contributed by atoms with Crippen LogP contribution in [0.5, 0.6) is 0 Å². The van der Waals surface area contributed by atoms with Crippen LogP contribution >= 0.6 is 0 Å². The van der Waals surface area contributed by atoms with E-state index in [4.69, 9.17) is 0 Å². The minimum atomic E-state index is -3.26. The molecule has 1 unspecified atom stereocenters. The topological polar surface area (TPSA) is 78.5 Å². The molecule has 1 atom stereocenters. The molecular weight excluding hydrogens is 278 g/mol. The molecule has 1 saturated heterocycles. The zero-order valence-corrected chi connectivity index (χ0v) is 13.7. The molecule has 0 aromatic heterocycles. The fourth-order valence-corrected chi connectivity index (χ4v) is 3.50. The summed E-state index contributed by atoms with van der Waals surface area (Å²) in [5.74, 6) is 0.0971. The van der Waals surface area contributed by atoms with Crippen LogP contribution in [-0.4, -0.2) is 56.7 Å². The summed E-state index contributed by atoms with van der Waals surface area (Å²) in [5.41, 5.74) is -0.621. The summed E-state index contributed by atoms with van der Waals surface area (Å²) in [6.07, 6.45) is 4.47. The summed E-state index contributed by atoms with van der Waals surface area (Å²) in [6.45, 7) is 7.47. The highest BCUT2D eigenvalue weighted by Gasteiger charge is 2.26. The number of amides is 1. The second-order valence-corrected chi connectivity index (χ2v) is 8.00. The molecule has 1 rings (SSSR count). The number of likely N-dealkylation sites (tertiary alicyclic amines) is 1. The smallest absolute Gasteiger partial charge is 0.239 e. The van der Waals surface area contributed by atoms with E-state index in [-0.39, 0.29) is 11.9 Å². The van der Waals surface area contributed by atoms with Crippen molar-refractivity contribution in [1.29, 1.82) is 0 Å². The number of carbonyl (C=O) groups excluding carboxylic acids is 1. The molecule has 118 valence electrons. The van der Waals surface area contributed by atoms with Crippen LogP contribution in [0, 0.1) is 0 Å². The van der Waals surface area contributed by atoms with Crippen LogP contribution in [-0.2, 0) is 14.8 Å². The Bertz CT molecular complexity index is 428. The molecule has 0 radical (unpaired) electrons. The third-order valence-corrected chi connectivity index (χ3v) is 4.27. The molecule has 0 aromatic rings. The third kappa shape index (κ3) is 6.19. The molecule has 1 amide bonds. The van der Waals surface area contributed by atoms with E-state index in [9.17, 15) is 13.2 Å². The molecule has 1 aliphatic rings. The largest absolute Gasteiger partial charge is 0.341 e. The van der Waals surface area contributed by atoms with Crippen LogP contribution in [0.1, 0.15) is 40.0 Å². The van der Waals surface area contributed by atoms with Crippen molar-refractivity contribution in [3.63, 3.8) is 0 Å². The first-order valence-electron chi connectivity index (χ1n) is 7.12. The Hall–Kier alpha value is -0.660. The van der Waals surface area contributed by atoms with Crippen LogP contribution in [0.15, 0.2) is 0 Å². The molecule has 6 nitrogen and oxygen atoms in total. The zero-order chi connectivity index (χ0) is 15.4. The van der Waals surface area contributed by atoms with E-state index < -0.39 is 15.6 Å². The van der Waals surface area contributed by atoms with Gasteiger partial charge in [0.1, 0.15) is 0 Å². The highest BCUT2D eigenvalue weighted by Crippen LogP contribution is 2.10. The molecular formula is C13H27N3O3S. The summed E-state index contributed by atoms with van der Waals surface area (Å²) >= 11 is 0. The van der Waals surface area contributed by atoms with Gasteiger partial charge >= 0.3 is 0 Å². The van der Waals surface area contributed by atoms with E-state index in [1.54, 1.807) is 13.8 Å². The molecule has 0 bridgehead atoms. The summed E-state index contributed by atoms with van der Waals surface area (Å²) < 4.78 is 25.1. The molecule has 1 aliphatic heterocycles. The number of rotatable bonds is 6. The number of nitrogens with zero attached hydrogens (tertiary/aromatic N) is 1. The highest BCUT2D eigenvalue weighted by atomic mass is 32.2. The van der Waals surface area contributed by atoms with E-state index in [2.05, 4.69) is 10.0 Å². The predicted molar refractivity (Wildman–Crippen MR) is 80.0 cm³/mol. The number of nitrogens with one attached hydrogen (secondary N) is 2. The Morgan fingerprint density at radius 3 is 2.30 bits per heavy atom. The van der Waals surface area contributed by atoms with Gasteiger partial charge in [-0.2, -0.15) is 0 Å². The Balaban J connectivity index is 2.45. The number of carbonyl (C=O) groups is 1. The van der Waals surface area contributed by atoms with Crippen LogP contribution in [0.4, 0.5) is 0 Å². The van der Waals surface area contributed by atoms with Crippen molar-refractivity contribution >= 4 is 15.9 Å². The molecule has 0 aliphatic carbocycles. The maximum atomic E-state index is 12.2. The summed E-state index contributed by atoms with van der Waals surface area (Å²) in [7, 11) is -3.26. The minimum absolute atomic E-state index is 0.0971. The van der Waals surface area contributed by atoms with E-state index >= 15 is 0 Å². The average Bonchev–Trinajstić information content (AvgIpc) is 2.33. The Morgan fingerprint density at radius 1 is 1.25 bits per heavy atom. The van der Waals surface area contributed by atoms with Crippen molar-refractivity contribution < 1.29 is 13.2 Å². The summed E-state index contributed by atoms with van der Waals surface area (Å²) in [4.78, 5) is 14.1. The van der Waals surface area contributed by atoms with E-state index in [1.165, 1.54) is 6.42 Å². The van der Waals surface area contributed by atoms with Gasteiger partial charge in [-0.25, -0.2) is 13.1 Å². The minimum Gasteiger partial charge on any atom is -0.341 e. The monoisotopic (exact) mass is 305 g/mol. The van der Waals surface area contributed by atoms with Crippen molar-refractivity contribution in [2.24, 2.45) is 0 Å². The van der Waals surface area contributed by atoms with Gasteiger partial charge in [0, 0.05) is 25.2 Å². The van der Waals surface area contributed by atoms with E-state index in [1.807, 2.05) is 11.8 Å². The van der Waals surface area contributed by atoms with Gasteiger partial charge < -0.3 is 10.2 Å². The number of sulfonamides is 1. The molecule has 2 N–H and O–H groups in total. The predicted octanol–water partition coefficient (Wildman–Crippen LogP) is 0.305. The van der Waals surface area contributed by atoms with Gasteiger partial charge in [0.2, 0.25) is 15.9 Å². The SMILES string of the molecule is CC(NCC(C)(C)NS(C)(=O)=O)C(=O)N1CCCCC1. The maximum absolute atomic E-state index is 12.2. The van der Waals surface area contributed by atoms with Crippen LogP contribution in [0.3, 0.4) is 0 Å². The third-order valence-electron chi connectivity index (χ3n) is 3.35. The van der Waals surface area contributed by atoms with Gasteiger partial charge in [-0.1, -0.05) is 0 Å². The lowest BCUT2D eigenvalue weighted by Crippen LogP contribution is -2.54. The molecule has 1 heterocycles. The van der Waals surface area contributed by atoms with Gasteiger partial charge in [0.25, 0.3) is 0 Å². The lowest BCUT2D eigenvalue weighted by Gasteiger charge is -2.31. The zero-order valence-electron chi connectivity index (χ0n) is 12.9. The van der Waals surface area contributed by atoms with Gasteiger partial charge in [-0.05, 0) is 40.0 Å². The number of hydrogen-bond acceptors (Lipinski definition) is 4. The van der Waals surface area contributed by atoms with E-state index in [0.29, 0.717) is 6.54 Å². The first-order valence-corrected chi connectivity index (χ1v) is 9.01. The Morgan fingerprint density at radius 2 is 1.80 bits per heavy atom. The molecule has 7 heteroatoms. The van der Waals surface area contributed by atoms with Gasteiger partial charge in [0.05, 0.1) is 12.3 Å². The van der Waals surface area contributed by atoms with Crippen LogP contribution < -0.4 is 10.0 Å². The normalized spacial score (nSPS) is 18.9. The Kier molecular flexibility index (Phi) is 5.97. The first-order chi connectivity index (χ1) is 9.11. The quantitative estimate of drug-likeness (QED) is 0.740. The van der Waals surface area contributed by atoms with Crippen molar-refractivity contribution in [2.75, 3.05) is 25.9 Å². The van der Waals surface area contributed by atoms with Crippen molar-refractivity contribution in [3.05, 3.63) is 0 Å². The second kappa shape index (κ2) is 6.87. The standard InChI is InChI=1S/C13H27N3O3S/c1-11(12(17)16-8-6-5-7-9-16)14-10-13(2,3)15-20(4,18)19/h11,14-15H,5-10H2,1-4H3. The van der Waals surface area contributed by atoms with Gasteiger partial charge in [-0.3, -0.25) is 4.79 Å². The van der Waals surface area contributed by atoms with E-state index in [0.717, 1.165) is 32.2 Å². The lowest BCUT2D eigenvalue weighted by atomic mass is 10.1. The van der Waals surface area contributed by atoms with Crippen LogP contribution in [0.25, 0.3) is 0 Å². The lowest BCUT2D eigenvalue weighted by molar-refractivity contribution is -0.133. The number of hydrogen-bond donors (Lipinski definition) is 2. The van der Waals surface area contributed by atoms with Crippen molar-refractivity contribution in [1.82, 2.24) is 14.9 Å². The number of piperidine rings is 1. The summed E-state index contributed by atoms with van der Waals surface area (Å²) in [5, 5.41) is 3.12. The van der Waals surface area contributed by atoms with Gasteiger partial charge in [0.15, 0.2) is 0 Å².